The fourth-order valence-corrected chi connectivity index (χ4v) is 3.08. The first-order valence-corrected chi connectivity index (χ1v) is 9.28. The number of nitrogens with zero attached hydrogens (tertiary/aromatic N) is 3. The Bertz CT molecular complexity index is 790. The van der Waals surface area contributed by atoms with Crippen molar-refractivity contribution in [3.05, 3.63) is 42.2 Å². The maximum atomic E-state index is 10.7. The number of hydrogen-bond donors (Lipinski definition) is 7. The van der Waals surface area contributed by atoms with Crippen molar-refractivity contribution in [2.75, 3.05) is 13.2 Å². The monoisotopic (exact) mass is 427 g/mol. The standard InChI is InChI=1S/C18H25N3O9/c22-7-11(24)17(30-18-16(28)15(27)14(26)12(8-23)29-18)13(25)10-6-19-21(20-10)9-4-2-1-3-5-9/h1-6,11-18,22-28H,7-8H2/t11-,12+,13+,14-,15-,16-,17-,18-/m1/s1. The lowest BCUT2D eigenvalue weighted by Gasteiger charge is -2.41. The average molecular weight is 427 g/mol. The normalized spacial score (nSPS) is 30.0. The molecule has 1 aliphatic rings. The van der Waals surface area contributed by atoms with Gasteiger partial charge in [-0.3, -0.25) is 0 Å². The maximum Gasteiger partial charge on any atom is 0.187 e. The Labute approximate surface area is 171 Å². The summed E-state index contributed by atoms with van der Waals surface area (Å²) in [5, 5.41) is 77.5. The molecule has 166 valence electrons. The van der Waals surface area contributed by atoms with E-state index in [1.807, 2.05) is 6.07 Å². The van der Waals surface area contributed by atoms with Gasteiger partial charge in [-0.05, 0) is 12.1 Å². The molecule has 0 spiro atoms. The molecule has 1 aromatic carbocycles. The summed E-state index contributed by atoms with van der Waals surface area (Å²) >= 11 is 0. The van der Waals surface area contributed by atoms with E-state index >= 15 is 0 Å². The van der Waals surface area contributed by atoms with Crippen molar-refractivity contribution in [1.29, 1.82) is 0 Å². The Morgan fingerprint density at radius 1 is 1.03 bits per heavy atom. The number of benzene rings is 1. The van der Waals surface area contributed by atoms with E-state index in [0.29, 0.717) is 5.69 Å². The molecule has 1 aliphatic heterocycles. The second-order valence-electron chi connectivity index (χ2n) is 6.89. The van der Waals surface area contributed by atoms with E-state index < -0.39 is 62.2 Å². The summed E-state index contributed by atoms with van der Waals surface area (Å²) < 4.78 is 10.7. The van der Waals surface area contributed by atoms with Gasteiger partial charge in [0.1, 0.15) is 48.4 Å². The second kappa shape index (κ2) is 9.87. The van der Waals surface area contributed by atoms with Crippen LogP contribution in [0.2, 0.25) is 0 Å². The SMILES string of the molecule is OC[C@@H](O)[C@@H](O[C@H]1O[C@@H](CO)[C@@H](O)[C@@H](O)[C@H]1O)[C@@H](O)c1cnn(-c2ccccc2)n1. The summed E-state index contributed by atoms with van der Waals surface area (Å²) in [5.74, 6) is 0. The molecule has 1 fully saturated rings. The average Bonchev–Trinajstić information content (AvgIpc) is 3.27. The summed E-state index contributed by atoms with van der Waals surface area (Å²) in [6.45, 7) is -1.47. The minimum Gasteiger partial charge on any atom is -0.394 e. The van der Waals surface area contributed by atoms with E-state index in [1.165, 1.54) is 11.0 Å². The maximum absolute atomic E-state index is 10.7. The van der Waals surface area contributed by atoms with Gasteiger partial charge >= 0.3 is 0 Å². The highest BCUT2D eigenvalue weighted by Gasteiger charge is 2.46. The molecule has 0 bridgehead atoms. The third-order valence-corrected chi connectivity index (χ3v) is 4.82. The summed E-state index contributed by atoms with van der Waals surface area (Å²) in [5.41, 5.74) is 0.617. The Kier molecular flexibility index (Phi) is 7.46. The predicted octanol–water partition coefficient (Wildman–Crippen LogP) is -3.16. The minimum atomic E-state index is -1.75. The first kappa shape index (κ1) is 22.7. The van der Waals surface area contributed by atoms with Crippen LogP contribution in [0.5, 0.6) is 0 Å². The molecule has 2 heterocycles. The van der Waals surface area contributed by atoms with Crippen molar-refractivity contribution in [2.45, 2.75) is 49.0 Å². The molecule has 7 N–H and O–H groups in total. The number of ether oxygens (including phenoxy) is 2. The number of aliphatic hydroxyl groups is 7. The topological polar surface area (TPSA) is 191 Å². The van der Waals surface area contributed by atoms with Crippen molar-refractivity contribution in [1.82, 2.24) is 15.0 Å². The Hall–Kier alpha value is -2.00. The Morgan fingerprint density at radius 3 is 2.37 bits per heavy atom. The van der Waals surface area contributed by atoms with Crippen LogP contribution in [0.15, 0.2) is 36.5 Å². The van der Waals surface area contributed by atoms with Gasteiger partial charge in [0.2, 0.25) is 0 Å². The molecular formula is C18H25N3O9. The third-order valence-electron chi connectivity index (χ3n) is 4.82. The van der Waals surface area contributed by atoms with E-state index in [1.54, 1.807) is 24.3 Å². The van der Waals surface area contributed by atoms with Gasteiger partial charge < -0.3 is 45.2 Å². The summed E-state index contributed by atoms with van der Waals surface area (Å²) in [4.78, 5) is 1.24. The van der Waals surface area contributed by atoms with E-state index in [9.17, 15) is 35.7 Å². The molecule has 2 aromatic rings. The van der Waals surface area contributed by atoms with Crippen molar-refractivity contribution in [3.8, 4) is 5.69 Å². The van der Waals surface area contributed by atoms with Crippen LogP contribution in [0, 0.1) is 0 Å². The van der Waals surface area contributed by atoms with Gasteiger partial charge in [-0.15, -0.1) is 0 Å². The number of hydrogen-bond acceptors (Lipinski definition) is 11. The zero-order valence-corrected chi connectivity index (χ0v) is 15.8. The molecule has 12 heteroatoms. The minimum absolute atomic E-state index is 0.000874. The molecule has 1 saturated heterocycles. The zero-order chi connectivity index (χ0) is 21.8. The smallest absolute Gasteiger partial charge is 0.187 e. The second-order valence-corrected chi connectivity index (χ2v) is 6.89. The molecule has 3 rings (SSSR count). The van der Waals surface area contributed by atoms with Crippen LogP contribution >= 0.6 is 0 Å². The summed E-state index contributed by atoms with van der Waals surface area (Å²) in [6, 6.07) is 8.83. The van der Waals surface area contributed by atoms with Crippen molar-refractivity contribution >= 4 is 0 Å². The van der Waals surface area contributed by atoms with Crippen LogP contribution in [0.25, 0.3) is 5.69 Å². The lowest BCUT2D eigenvalue weighted by atomic mass is 9.99. The summed E-state index contributed by atoms with van der Waals surface area (Å²) in [7, 11) is 0. The Morgan fingerprint density at radius 2 is 1.73 bits per heavy atom. The van der Waals surface area contributed by atoms with E-state index in [2.05, 4.69) is 10.2 Å². The van der Waals surface area contributed by atoms with Crippen molar-refractivity contribution < 1.29 is 45.2 Å². The molecule has 0 unspecified atom stereocenters. The van der Waals surface area contributed by atoms with Crippen LogP contribution in [0.4, 0.5) is 0 Å². The Balaban J connectivity index is 1.80. The van der Waals surface area contributed by atoms with Gasteiger partial charge in [0.15, 0.2) is 6.29 Å². The predicted molar refractivity (Wildman–Crippen MR) is 98.1 cm³/mol. The fraction of sp³-hybridized carbons (Fsp3) is 0.556. The highest BCUT2D eigenvalue weighted by Crippen LogP contribution is 2.28. The molecule has 0 aliphatic carbocycles. The fourth-order valence-electron chi connectivity index (χ4n) is 3.08. The quantitative estimate of drug-likeness (QED) is 0.225. The zero-order valence-electron chi connectivity index (χ0n) is 15.8. The van der Waals surface area contributed by atoms with Crippen molar-refractivity contribution in [2.24, 2.45) is 0 Å². The number of rotatable bonds is 8. The summed E-state index contributed by atoms with van der Waals surface area (Å²) in [6.07, 6.45) is -11.4. The molecule has 12 nitrogen and oxygen atoms in total. The van der Waals surface area contributed by atoms with Gasteiger partial charge in [0.05, 0.1) is 25.1 Å². The molecule has 1 aromatic heterocycles. The first-order valence-electron chi connectivity index (χ1n) is 9.28. The van der Waals surface area contributed by atoms with E-state index in [0.717, 1.165) is 0 Å². The van der Waals surface area contributed by atoms with Gasteiger partial charge in [-0.1, -0.05) is 18.2 Å². The highest BCUT2D eigenvalue weighted by molar-refractivity contribution is 5.28. The lowest BCUT2D eigenvalue weighted by molar-refractivity contribution is -0.325. The lowest BCUT2D eigenvalue weighted by Crippen LogP contribution is -2.60. The van der Waals surface area contributed by atoms with Gasteiger partial charge in [0, 0.05) is 0 Å². The number of aromatic nitrogens is 3. The number of aliphatic hydroxyl groups excluding tert-OH is 7. The molecule has 0 saturated carbocycles. The molecular weight excluding hydrogens is 402 g/mol. The van der Waals surface area contributed by atoms with Crippen LogP contribution in [-0.2, 0) is 9.47 Å². The van der Waals surface area contributed by atoms with Crippen LogP contribution in [0.3, 0.4) is 0 Å². The molecule has 30 heavy (non-hydrogen) atoms. The largest absolute Gasteiger partial charge is 0.394 e. The van der Waals surface area contributed by atoms with Gasteiger partial charge in [-0.2, -0.15) is 15.0 Å². The van der Waals surface area contributed by atoms with E-state index in [-0.39, 0.29) is 5.69 Å². The van der Waals surface area contributed by atoms with Crippen LogP contribution in [-0.4, -0.2) is 107 Å². The van der Waals surface area contributed by atoms with E-state index in [4.69, 9.17) is 9.47 Å². The highest BCUT2D eigenvalue weighted by atomic mass is 16.7. The molecule has 0 radical (unpaired) electrons. The molecule has 0 amide bonds. The van der Waals surface area contributed by atoms with Crippen LogP contribution in [0.1, 0.15) is 11.8 Å². The van der Waals surface area contributed by atoms with Gasteiger partial charge in [-0.25, -0.2) is 0 Å². The van der Waals surface area contributed by atoms with Gasteiger partial charge in [0.25, 0.3) is 0 Å². The molecule has 8 atom stereocenters. The van der Waals surface area contributed by atoms with Crippen LogP contribution < -0.4 is 0 Å². The number of para-hydroxylation sites is 1. The third kappa shape index (κ3) is 4.67. The first-order chi connectivity index (χ1) is 14.4. The van der Waals surface area contributed by atoms with Crippen molar-refractivity contribution in [3.63, 3.8) is 0 Å².